The molecule has 0 spiro atoms. The Hall–Kier alpha value is -2.43. The van der Waals surface area contributed by atoms with Gasteiger partial charge >= 0.3 is 0 Å². The van der Waals surface area contributed by atoms with E-state index in [0.717, 1.165) is 24.2 Å². The van der Waals surface area contributed by atoms with Crippen molar-refractivity contribution in [1.82, 2.24) is 9.97 Å². The molecule has 2 aromatic rings. The van der Waals surface area contributed by atoms with Gasteiger partial charge in [0.05, 0.1) is 18.2 Å². The summed E-state index contributed by atoms with van der Waals surface area (Å²) in [5.41, 5.74) is 1.64. The summed E-state index contributed by atoms with van der Waals surface area (Å²) in [6.07, 6.45) is 7.67. The van der Waals surface area contributed by atoms with Gasteiger partial charge in [0.1, 0.15) is 5.75 Å². The summed E-state index contributed by atoms with van der Waals surface area (Å²) in [4.78, 5) is 15.4. The van der Waals surface area contributed by atoms with Crippen LogP contribution in [0.3, 0.4) is 0 Å². The number of benzene rings is 1. The monoisotopic (exact) mass is 256 g/mol. The zero-order valence-electron chi connectivity index (χ0n) is 10.5. The summed E-state index contributed by atoms with van der Waals surface area (Å²) in [7, 11) is 0. The summed E-state index contributed by atoms with van der Waals surface area (Å²) in [6.45, 7) is 1.41. The standard InChI is InChI=1S/C14H16N4O/c19-14-5-2-1-4-12(14)8-15-6-3-7-16-9-13-10-17-11-18-13/h1-2,4-5,8-11,19H,3,6-7H2,(H,17,18). The minimum atomic E-state index is 0.253. The van der Waals surface area contributed by atoms with E-state index in [0.29, 0.717) is 6.54 Å². The van der Waals surface area contributed by atoms with Crippen molar-refractivity contribution in [3.63, 3.8) is 0 Å². The Bertz CT molecular complexity index is 546. The maximum absolute atomic E-state index is 9.53. The quantitative estimate of drug-likeness (QED) is 0.613. The number of phenolic OH excluding ortho intramolecular Hbond substituents is 1. The average molecular weight is 256 g/mol. The molecule has 0 aliphatic heterocycles. The van der Waals surface area contributed by atoms with Gasteiger partial charge in [-0.1, -0.05) is 12.1 Å². The summed E-state index contributed by atoms with van der Waals surface area (Å²) < 4.78 is 0. The van der Waals surface area contributed by atoms with Crippen LogP contribution in [0.25, 0.3) is 0 Å². The van der Waals surface area contributed by atoms with Gasteiger partial charge in [-0.15, -0.1) is 0 Å². The molecule has 5 nitrogen and oxygen atoms in total. The molecule has 0 unspecified atom stereocenters. The number of hydrogen-bond acceptors (Lipinski definition) is 4. The van der Waals surface area contributed by atoms with Crippen molar-refractivity contribution >= 4 is 12.4 Å². The second-order valence-corrected chi connectivity index (χ2v) is 3.99. The number of aromatic hydroxyl groups is 1. The minimum absolute atomic E-state index is 0.253. The molecule has 2 rings (SSSR count). The third kappa shape index (κ3) is 4.39. The number of H-pyrrole nitrogens is 1. The van der Waals surface area contributed by atoms with Gasteiger partial charge in [0.2, 0.25) is 0 Å². The van der Waals surface area contributed by atoms with E-state index in [1.54, 1.807) is 37.1 Å². The Morgan fingerprint density at radius 2 is 1.95 bits per heavy atom. The fourth-order valence-corrected chi connectivity index (χ4v) is 1.51. The van der Waals surface area contributed by atoms with Crippen LogP contribution >= 0.6 is 0 Å². The van der Waals surface area contributed by atoms with E-state index in [2.05, 4.69) is 20.0 Å². The van der Waals surface area contributed by atoms with Crippen molar-refractivity contribution in [2.45, 2.75) is 6.42 Å². The van der Waals surface area contributed by atoms with Gasteiger partial charge in [-0.3, -0.25) is 9.98 Å². The molecule has 0 atom stereocenters. The van der Waals surface area contributed by atoms with E-state index in [1.807, 2.05) is 12.1 Å². The van der Waals surface area contributed by atoms with Crippen LogP contribution in [0.2, 0.25) is 0 Å². The number of imidazole rings is 1. The molecule has 19 heavy (non-hydrogen) atoms. The van der Waals surface area contributed by atoms with Crippen LogP contribution in [0.5, 0.6) is 5.75 Å². The second-order valence-electron chi connectivity index (χ2n) is 3.99. The molecule has 98 valence electrons. The number of nitrogens with zero attached hydrogens (tertiary/aromatic N) is 3. The topological polar surface area (TPSA) is 73.6 Å². The average Bonchev–Trinajstić information content (AvgIpc) is 2.93. The molecule has 0 saturated carbocycles. The normalized spacial score (nSPS) is 11.6. The predicted molar refractivity (Wildman–Crippen MR) is 76.2 cm³/mol. The summed E-state index contributed by atoms with van der Waals surface area (Å²) in [5.74, 6) is 0.253. The Balaban J connectivity index is 1.68. The van der Waals surface area contributed by atoms with Crippen molar-refractivity contribution < 1.29 is 5.11 Å². The van der Waals surface area contributed by atoms with Gasteiger partial charge in [0.15, 0.2) is 0 Å². The molecule has 0 radical (unpaired) electrons. The minimum Gasteiger partial charge on any atom is -0.507 e. The van der Waals surface area contributed by atoms with Gasteiger partial charge in [-0.05, 0) is 18.6 Å². The van der Waals surface area contributed by atoms with Crippen molar-refractivity contribution in [2.75, 3.05) is 13.1 Å². The van der Waals surface area contributed by atoms with Crippen LogP contribution in [-0.2, 0) is 0 Å². The molecule has 0 saturated heterocycles. The fraction of sp³-hybridized carbons (Fsp3) is 0.214. The number of nitrogens with one attached hydrogen (secondary N) is 1. The van der Waals surface area contributed by atoms with Gasteiger partial charge in [0, 0.05) is 31.1 Å². The molecule has 0 aliphatic rings. The van der Waals surface area contributed by atoms with Crippen LogP contribution in [-0.4, -0.2) is 40.6 Å². The molecule has 1 heterocycles. The summed E-state index contributed by atoms with van der Waals surface area (Å²) >= 11 is 0. The molecule has 2 N–H and O–H groups in total. The van der Waals surface area contributed by atoms with Gasteiger partial charge < -0.3 is 10.1 Å². The van der Waals surface area contributed by atoms with Gasteiger partial charge in [-0.25, -0.2) is 4.98 Å². The van der Waals surface area contributed by atoms with E-state index >= 15 is 0 Å². The third-order valence-electron chi connectivity index (χ3n) is 2.49. The van der Waals surface area contributed by atoms with Crippen molar-refractivity contribution in [2.24, 2.45) is 9.98 Å². The number of para-hydroxylation sites is 1. The highest BCUT2D eigenvalue weighted by Gasteiger charge is 1.93. The van der Waals surface area contributed by atoms with Gasteiger partial charge in [0.25, 0.3) is 0 Å². The fourth-order valence-electron chi connectivity index (χ4n) is 1.51. The van der Waals surface area contributed by atoms with E-state index in [9.17, 15) is 5.11 Å². The van der Waals surface area contributed by atoms with Crippen LogP contribution in [0.4, 0.5) is 0 Å². The third-order valence-corrected chi connectivity index (χ3v) is 2.49. The summed E-state index contributed by atoms with van der Waals surface area (Å²) in [5, 5.41) is 9.53. The number of aromatic amines is 1. The predicted octanol–water partition coefficient (Wildman–Crippen LogP) is 2.04. The second kappa shape index (κ2) is 7.10. The zero-order valence-corrected chi connectivity index (χ0v) is 10.5. The number of aromatic nitrogens is 2. The number of hydrogen-bond donors (Lipinski definition) is 2. The SMILES string of the molecule is Oc1ccccc1C=NCCCN=Cc1cnc[nH]1. The van der Waals surface area contributed by atoms with E-state index in [-0.39, 0.29) is 5.75 Å². The van der Waals surface area contributed by atoms with Crippen molar-refractivity contribution in [1.29, 1.82) is 0 Å². The lowest BCUT2D eigenvalue weighted by Crippen LogP contribution is -1.90. The Morgan fingerprint density at radius 3 is 2.68 bits per heavy atom. The first kappa shape index (κ1) is 13.0. The first-order valence-electron chi connectivity index (χ1n) is 6.12. The highest BCUT2D eigenvalue weighted by molar-refractivity contribution is 5.83. The highest BCUT2D eigenvalue weighted by atomic mass is 16.3. The van der Waals surface area contributed by atoms with E-state index in [4.69, 9.17) is 0 Å². The Labute approximate surface area is 111 Å². The molecular weight excluding hydrogens is 240 g/mol. The largest absolute Gasteiger partial charge is 0.507 e. The first-order valence-corrected chi connectivity index (χ1v) is 6.12. The Morgan fingerprint density at radius 1 is 1.16 bits per heavy atom. The molecule has 0 bridgehead atoms. The molecule has 5 heteroatoms. The lowest BCUT2D eigenvalue weighted by atomic mass is 10.2. The van der Waals surface area contributed by atoms with Crippen LogP contribution in [0.15, 0.2) is 46.8 Å². The van der Waals surface area contributed by atoms with E-state index in [1.165, 1.54) is 0 Å². The van der Waals surface area contributed by atoms with Crippen LogP contribution < -0.4 is 0 Å². The van der Waals surface area contributed by atoms with Gasteiger partial charge in [-0.2, -0.15) is 0 Å². The maximum atomic E-state index is 9.53. The molecule has 0 amide bonds. The smallest absolute Gasteiger partial charge is 0.124 e. The van der Waals surface area contributed by atoms with E-state index < -0.39 is 0 Å². The van der Waals surface area contributed by atoms with Crippen LogP contribution in [0.1, 0.15) is 17.7 Å². The molecule has 0 fully saturated rings. The first-order chi connectivity index (χ1) is 9.36. The lowest BCUT2D eigenvalue weighted by Gasteiger charge is -1.96. The zero-order chi connectivity index (χ0) is 13.3. The molecular formula is C14H16N4O. The van der Waals surface area contributed by atoms with Crippen LogP contribution in [0, 0.1) is 0 Å². The number of aliphatic imine (C=N–C) groups is 2. The maximum Gasteiger partial charge on any atom is 0.124 e. The molecule has 1 aromatic heterocycles. The number of rotatable bonds is 6. The van der Waals surface area contributed by atoms with Crippen molar-refractivity contribution in [3.05, 3.63) is 48.0 Å². The molecule has 0 aliphatic carbocycles. The highest BCUT2D eigenvalue weighted by Crippen LogP contribution is 2.12. The Kier molecular flexibility index (Phi) is 4.87. The summed E-state index contributed by atoms with van der Waals surface area (Å²) in [6, 6.07) is 7.14. The van der Waals surface area contributed by atoms with Crippen molar-refractivity contribution in [3.8, 4) is 5.75 Å². The lowest BCUT2D eigenvalue weighted by molar-refractivity contribution is 0.474. The number of phenols is 1. The molecule has 1 aromatic carbocycles.